The Hall–Kier alpha value is -0.980. The van der Waals surface area contributed by atoms with E-state index in [0.29, 0.717) is 5.41 Å². The van der Waals surface area contributed by atoms with Gasteiger partial charge in [0.25, 0.3) is 0 Å². The molecule has 2 aliphatic rings. The molecule has 0 N–H and O–H groups in total. The van der Waals surface area contributed by atoms with E-state index < -0.39 is 0 Å². The first kappa shape index (κ1) is 7.43. The molecular weight excluding hydrogens is 158 g/mol. The van der Waals surface area contributed by atoms with E-state index in [0.717, 1.165) is 0 Å². The normalized spacial score (nSPS) is 17.6. The first-order valence-electron chi connectivity index (χ1n) is 4.97. The van der Waals surface area contributed by atoms with Crippen molar-refractivity contribution < 1.29 is 0 Å². The minimum Gasteiger partial charge on any atom is -0.362 e. The monoisotopic (exact) mass is 173 g/mol. The van der Waals surface area contributed by atoms with Crippen LogP contribution in [0, 0.1) is 0 Å². The highest BCUT2D eigenvalue weighted by atomic mass is 15.2. The Morgan fingerprint density at radius 3 is 2.00 bits per heavy atom. The predicted octanol–water partition coefficient (Wildman–Crippen LogP) is 2.82. The molecule has 2 aliphatic heterocycles. The fourth-order valence-corrected chi connectivity index (χ4v) is 2.28. The number of anilines is 1. The molecule has 0 fully saturated rings. The lowest BCUT2D eigenvalue weighted by atomic mass is 9.80. The Morgan fingerprint density at radius 1 is 1.08 bits per heavy atom. The Morgan fingerprint density at radius 2 is 1.62 bits per heavy atom. The van der Waals surface area contributed by atoms with E-state index in [4.69, 9.17) is 0 Å². The van der Waals surface area contributed by atoms with Crippen molar-refractivity contribution in [2.24, 2.45) is 0 Å². The van der Waals surface area contributed by atoms with Crippen LogP contribution in [0.5, 0.6) is 0 Å². The lowest BCUT2D eigenvalue weighted by Crippen LogP contribution is -2.41. The summed E-state index contributed by atoms with van der Waals surface area (Å²) in [6.45, 7) is 9.24. The lowest BCUT2D eigenvalue weighted by Gasteiger charge is -2.47. The number of benzene rings is 1. The van der Waals surface area contributed by atoms with Crippen LogP contribution in [0.1, 0.15) is 37.5 Å². The molecule has 1 nitrogen and oxygen atoms in total. The molecule has 68 valence electrons. The summed E-state index contributed by atoms with van der Waals surface area (Å²) < 4.78 is 0. The molecule has 2 heterocycles. The number of hydrogen-bond acceptors (Lipinski definition) is 1. The third kappa shape index (κ3) is 0.822. The van der Waals surface area contributed by atoms with E-state index in [9.17, 15) is 0 Å². The van der Waals surface area contributed by atoms with E-state index in [1.165, 1.54) is 24.3 Å². The van der Waals surface area contributed by atoms with Crippen molar-refractivity contribution in [3.63, 3.8) is 0 Å². The van der Waals surface area contributed by atoms with Crippen molar-refractivity contribution in [1.29, 1.82) is 0 Å². The zero-order valence-corrected chi connectivity index (χ0v) is 8.52. The van der Waals surface area contributed by atoms with Gasteiger partial charge in [-0.2, -0.15) is 0 Å². The highest BCUT2D eigenvalue weighted by molar-refractivity contribution is 5.75. The van der Waals surface area contributed by atoms with Crippen LogP contribution in [0.4, 0.5) is 5.69 Å². The van der Waals surface area contributed by atoms with E-state index in [1.54, 1.807) is 11.1 Å². The summed E-state index contributed by atoms with van der Waals surface area (Å²) in [5.74, 6) is 0. The topological polar surface area (TPSA) is 3.24 Å². The average Bonchev–Trinajstić information content (AvgIpc) is 1.89. The molecule has 3 rings (SSSR count). The molecule has 0 saturated carbocycles. The zero-order valence-electron chi connectivity index (χ0n) is 8.52. The van der Waals surface area contributed by atoms with Crippen LogP contribution in [0.25, 0.3) is 0 Å². The minimum atomic E-state index is 0.307. The number of nitrogens with zero attached hydrogens (tertiary/aromatic N) is 1. The van der Waals surface area contributed by atoms with Gasteiger partial charge in [-0.3, -0.25) is 0 Å². The van der Waals surface area contributed by atoms with Crippen LogP contribution in [-0.2, 0) is 18.5 Å². The molecule has 0 saturated heterocycles. The molecule has 0 bridgehead atoms. The van der Waals surface area contributed by atoms with Crippen LogP contribution in [0.2, 0.25) is 0 Å². The van der Waals surface area contributed by atoms with E-state index in [-0.39, 0.29) is 0 Å². The SMILES string of the molecule is CC(C)(C)c1cc2c3c(c1)CN3C2. The average molecular weight is 173 g/mol. The molecule has 0 aromatic heterocycles. The molecule has 1 aromatic carbocycles. The van der Waals surface area contributed by atoms with Crippen LogP contribution in [-0.4, -0.2) is 0 Å². The van der Waals surface area contributed by atoms with Crippen molar-refractivity contribution in [3.8, 4) is 0 Å². The summed E-state index contributed by atoms with van der Waals surface area (Å²) in [5.41, 5.74) is 6.47. The van der Waals surface area contributed by atoms with Gasteiger partial charge in [-0.05, 0) is 22.1 Å². The van der Waals surface area contributed by atoms with Gasteiger partial charge in [0, 0.05) is 18.8 Å². The highest BCUT2D eigenvalue weighted by Crippen LogP contribution is 2.47. The van der Waals surface area contributed by atoms with Gasteiger partial charge in [-0.1, -0.05) is 32.9 Å². The standard InChI is InChI=1S/C12H15N/c1-12(2,3)10-4-8-6-13-7-9(5-10)11(8)13/h4-5H,6-7H2,1-3H3. The van der Waals surface area contributed by atoms with E-state index in [1.807, 2.05) is 0 Å². The van der Waals surface area contributed by atoms with E-state index >= 15 is 0 Å². The molecular formula is C12H15N. The summed E-state index contributed by atoms with van der Waals surface area (Å²) >= 11 is 0. The van der Waals surface area contributed by atoms with Gasteiger partial charge in [0.05, 0.1) is 0 Å². The van der Waals surface area contributed by atoms with Crippen LogP contribution in [0.15, 0.2) is 12.1 Å². The van der Waals surface area contributed by atoms with Crippen molar-refractivity contribution in [1.82, 2.24) is 0 Å². The third-order valence-electron chi connectivity index (χ3n) is 3.17. The second-order valence-electron chi connectivity index (χ2n) is 5.25. The third-order valence-corrected chi connectivity index (χ3v) is 3.17. The smallest absolute Gasteiger partial charge is 0.0473 e. The van der Waals surface area contributed by atoms with Crippen LogP contribution >= 0.6 is 0 Å². The molecule has 13 heavy (non-hydrogen) atoms. The van der Waals surface area contributed by atoms with Gasteiger partial charge in [0.1, 0.15) is 0 Å². The zero-order chi connectivity index (χ0) is 9.22. The lowest BCUT2D eigenvalue weighted by molar-refractivity contribution is 0.576. The maximum atomic E-state index is 2.44. The summed E-state index contributed by atoms with van der Waals surface area (Å²) in [7, 11) is 0. The fraction of sp³-hybridized carbons (Fsp3) is 0.500. The van der Waals surface area contributed by atoms with Gasteiger partial charge >= 0.3 is 0 Å². The van der Waals surface area contributed by atoms with Crippen LogP contribution in [0.3, 0.4) is 0 Å². The van der Waals surface area contributed by atoms with Gasteiger partial charge in [0.15, 0.2) is 0 Å². The second kappa shape index (κ2) is 1.92. The summed E-state index contributed by atoms with van der Waals surface area (Å²) in [6.07, 6.45) is 0. The van der Waals surface area contributed by atoms with Crippen molar-refractivity contribution >= 4 is 5.69 Å². The van der Waals surface area contributed by atoms with Crippen molar-refractivity contribution in [2.45, 2.75) is 39.3 Å². The van der Waals surface area contributed by atoms with Gasteiger partial charge < -0.3 is 4.90 Å². The predicted molar refractivity (Wildman–Crippen MR) is 55.0 cm³/mol. The maximum absolute atomic E-state index is 2.44. The Labute approximate surface area is 79.4 Å². The molecule has 0 unspecified atom stereocenters. The summed E-state index contributed by atoms with van der Waals surface area (Å²) in [4.78, 5) is 2.44. The minimum absolute atomic E-state index is 0.307. The number of hydrogen-bond donors (Lipinski definition) is 0. The molecule has 0 aliphatic carbocycles. The number of rotatable bonds is 0. The first-order chi connectivity index (χ1) is 6.05. The van der Waals surface area contributed by atoms with Gasteiger partial charge in [0.2, 0.25) is 0 Å². The molecule has 1 aromatic rings. The second-order valence-corrected chi connectivity index (χ2v) is 5.25. The maximum Gasteiger partial charge on any atom is 0.0473 e. The Kier molecular flexibility index (Phi) is 1.10. The molecule has 1 heteroatoms. The van der Waals surface area contributed by atoms with Gasteiger partial charge in [-0.25, -0.2) is 0 Å². The molecule has 0 radical (unpaired) electrons. The Balaban J connectivity index is 2.15. The first-order valence-corrected chi connectivity index (χ1v) is 4.97. The fourth-order valence-electron chi connectivity index (χ4n) is 2.28. The highest BCUT2D eigenvalue weighted by Gasteiger charge is 2.35. The quantitative estimate of drug-likeness (QED) is 0.583. The molecule has 0 atom stereocenters. The molecule has 0 amide bonds. The Bertz CT molecular complexity index is 358. The molecule has 0 spiro atoms. The van der Waals surface area contributed by atoms with Crippen LogP contribution < -0.4 is 4.90 Å². The largest absolute Gasteiger partial charge is 0.362 e. The van der Waals surface area contributed by atoms with Gasteiger partial charge in [-0.15, -0.1) is 0 Å². The van der Waals surface area contributed by atoms with Crippen molar-refractivity contribution in [2.75, 3.05) is 4.90 Å². The summed E-state index contributed by atoms with van der Waals surface area (Å²) in [6, 6.07) is 4.77. The summed E-state index contributed by atoms with van der Waals surface area (Å²) in [5, 5.41) is 0. The van der Waals surface area contributed by atoms with E-state index in [2.05, 4.69) is 37.8 Å². The van der Waals surface area contributed by atoms with Crippen molar-refractivity contribution in [3.05, 3.63) is 28.8 Å².